The van der Waals surface area contributed by atoms with Crippen LogP contribution in [0, 0.1) is 5.92 Å². The van der Waals surface area contributed by atoms with Crippen molar-refractivity contribution in [2.45, 2.75) is 46.0 Å². The molecule has 0 rings (SSSR count). The molecule has 15 heavy (non-hydrogen) atoms. The maximum atomic E-state index is 11.4. The Hall–Kier alpha value is -1.06. The van der Waals surface area contributed by atoms with Crippen LogP contribution >= 0.6 is 0 Å². The maximum absolute atomic E-state index is 11.4. The Balaban J connectivity index is 3.79. The molecule has 0 spiro atoms. The Bertz CT molecular complexity index is 201. The van der Waals surface area contributed by atoms with Crippen molar-refractivity contribution in [3.63, 3.8) is 0 Å². The van der Waals surface area contributed by atoms with Crippen molar-refractivity contribution in [1.82, 2.24) is 0 Å². The molecule has 0 aliphatic rings. The summed E-state index contributed by atoms with van der Waals surface area (Å²) in [6, 6.07) is 0. The number of esters is 1. The molecule has 0 bridgehead atoms. The van der Waals surface area contributed by atoms with Gasteiger partial charge < -0.3 is 9.84 Å². The van der Waals surface area contributed by atoms with Crippen LogP contribution in [-0.4, -0.2) is 23.7 Å². The number of hydrogen-bond acceptors (Lipinski definition) is 3. The van der Waals surface area contributed by atoms with Gasteiger partial charge >= 0.3 is 11.9 Å². The highest BCUT2D eigenvalue weighted by atomic mass is 16.5. The van der Waals surface area contributed by atoms with Crippen molar-refractivity contribution in [3.05, 3.63) is 0 Å². The van der Waals surface area contributed by atoms with E-state index in [4.69, 9.17) is 9.84 Å². The van der Waals surface area contributed by atoms with Crippen molar-refractivity contribution in [3.8, 4) is 0 Å². The van der Waals surface area contributed by atoms with Crippen LogP contribution in [0.3, 0.4) is 0 Å². The summed E-state index contributed by atoms with van der Waals surface area (Å²) in [6.07, 6.45) is 2.79. The quantitative estimate of drug-likeness (QED) is 0.632. The van der Waals surface area contributed by atoms with E-state index in [-0.39, 0.29) is 18.3 Å². The lowest BCUT2D eigenvalue weighted by Crippen LogP contribution is -2.17. The zero-order valence-electron chi connectivity index (χ0n) is 9.49. The summed E-state index contributed by atoms with van der Waals surface area (Å²) in [4.78, 5) is 21.7. The van der Waals surface area contributed by atoms with Crippen LogP contribution in [0.15, 0.2) is 0 Å². The van der Waals surface area contributed by atoms with Crippen LogP contribution in [-0.2, 0) is 14.3 Å². The fraction of sp³-hybridized carbons (Fsp3) is 0.818. The number of carbonyl (C=O) groups excluding carboxylic acids is 1. The summed E-state index contributed by atoms with van der Waals surface area (Å²) in [5.74, 6) is -1.15. The molecule has 0 amide bonds. The Morgan fingerprint density at radius 3 is 2.47 bits per heavy atom. The van der Waals surface area contributed by atoms with Crippen molar-refractivity contribution in [2.24, 2.45) is 5.92 Å². The third kappa shape index (κ3) is 6.94. The van der Waals surface area contributed by atoms with E-state index in [1.807, 2.05) is 13.8 Å². The number of carbonyl (C=O) groups is 2. The van der Waals surface area contributed by atoms with Crippen molar-refractivity contribution in [1.29, 1.82) is 0 Å². The zero-order chi connectivity index (χ0) is 11.7. The Labute approximate surface area is 90.6 Å². The van der Waals surface area contributed by atoms with E-state index in [2.05, 4.69) is 0 Å². The van der Waals surface area contributed by atoms with Gasteiger partial charge in [0.2, 0.25) is 0 Å². The van der Waals surface area contributed by atoms with E-state index >= 15 is 0 Å². The lowest BCUT2D eigenvalue weighted by Gasteiger charge is -2.12. The average molecular weight is 216 g/mol. The molecule has 0 aromatic heterocycles. The number of carboxylic acid groups (broad SMARTS) is 1. The number of aliphatic carboxylic acids is 1. The number of hydrogen-bond donors (Lipinski definition) is 1. The van der Waals surface area contributed by atoms with Gasteiger partial charge in [0, 0.05) is 6.42 Å². The minimum absolute atomic E-state index is 0.123. The van der Waals surface area contributed by atoms with E-state index in [9.17, 15) is 9.59 Å². The minimum atomic E-state index is -0.813. The third-order valence-corrected chi connectivity index (χ3v) is 2.22. The maximum Gasteiger partial charge on any atom is 0.308 e. The number of carboxylic acids is 1. The highest BCUT2D eigenvalue weighted by Gasteiger charge is 2.17. The van der Waals surface area contributed by atoms with Gasteiger partial charge in [-0.25, -0.2) is 0 Å². The average Bonchev–Trinajstić information content (AvgIpc) is 2.20. The van der Waals surface area contributed by atoms with E-state index < -0.39 is 5.97 Å². The molecule has 0 aromatic carbocycles. The fourth-order valence-electron chi connectivity index (χ4n) is 1.31. The summed E-state index contributed by atoms with van der Waals surface area (Å²) in [5, 5.41) is 8.46. The highest BCUT2D eigenvalue weighted by molar-refractivity contribution is 5.72. The smallest absolute Gasteiger partial charge is 0.308 e. The van der Waals surface area contributed by atoms with Gasteiger partial charge in [0.25, 0.3) is 0 Å². The van der Waals surface area contributed by atoms with Gasteiger partial charge in [0.1, 0.15) is 0 Å². The van der Waals surface area contributed by atoms with Crippen molar-refractivity contribution < 1.29 is 19.4 Å². The van der Waals surface area contributed by atoms with Gasteiger partial charge in [-0.2, -0.15) is 0 Å². The summed E-state index contributed by atoms with van der Waals surface area (Å²) >= 11 is 0. The Morgan fingerprint density at radius 1 is 1.33 bits per heavy atom. The Kier molecular flexibility index (Phi) is 7.68. The van der Waals surface area contributed by atoms with Crippen LogP contribution in [0.1, 0.15) is 46.0 Å². The molecular weight excluding hydrogens is 196 g/mol. The third-order valence-electron chi connectivity index (χ3n) is 2.22. The highest BCUT2D eigenvalue weighted by Crippen LogP contribution is 2.14. The molecule has 0 fully saturated rings. The lowest BCUT2D eigenvalue weighted by atomic mass is 9.99. The predicted octanol–water partition coefficient (Wildman–Crippen LogP) is 2.22. The normalized spacial score (nSPS) is 12.1. The van der Waals surface area contributed by atoms with E-state index in [1.54, 1.807) is 0 Å². The summed E-state index contributed by atoms with van der Waals surface area (Å²) in [6.45, 7) is 4.31. The first-order chi connectivity index (χ1) is 7.11. The SMILES string of the molecule is CCCOC(=O)C(CC)CCCC(=O)O. The molecule has 0 aromatic rings. The molecule has 4 heteroatoms. The van der Waals surface area contributed by atoms with Crippen LogP contribution in [0.4, 0.5) is 0 Å². The molecule has 0 radical (unpaired) electrons. The molecule has 0 aliphatic heterocycles. The van der Waals surface area contributed by atoms with E-state index in [0.717, 1.165) is 6.42 Å². The monoisotopic (exact) mass is 216 g/mol. The number of ether oxygens (including phenoxy) is 1. The molecule has 1 N–H and O–H groups in total. The Morgan fingerprint density at radius 2 is 2.00 bits per heavy atom. The molecule has 1 atom stereocenters. The zero-order valence-corrected chi connectivity index (χ0v) is 9.49. The van der Waals surface area contributed by atoms with Gasteiger partial charge in [-0.15, -0.1) is 0 Å². The predicted molar refractivity (Wildman–Crippen MR) is 56.5 cm³/mol. The summed E-state index contributed by atoms with van der Waals surface area (Å²) in [5.41, 5.74) is 0. The van der Waals surface area contributed by atoms with Crippen LogP contribution < -0.4 is 0 Å². The second kappa shape index (κ2) is 8.26. The lowest BCUT2D eigenvalue weighted by molar-refractivity contribution is -0.149. The van der Waals surface area contributed by atoms with Crippen molar-refractivity contribution in [2.75, 3.05) is 6.61 Å². The first kappa shape index (κ1) is 13.9. The topological polar surface area (TPSA) is 63.6 Å². The molecule has 0 heterocycles. The van der Waals surface area contributed by atoms with Gasteiger partial charge in [0.15, 0.2) is 0 Å². The van der Waals surface area contributed by atoms with Crippen LogP contribution in [0.2, 0.25) is 0 Å². The molecule has 0 saturated carbocycles. The molecule has 0 aliphatic carbocycles. The first-order valence-corrected chi connectivity index (χ1v) is 5.50. The van der Waals surface area contributed by atoms with Crippen LogP contribution in [0.25, 0.3) is 0 Å². The molecule has 1 unspecified atom stereocenters. The van der Waals surface area contributed by atoms with E-state index in [0.29, 0.717) is 25.9 Å². The first-order valence-electron chi connectivity index (χ1n) is 5.50. The standard InChI is InChI=1S/C11H20O4/c1-3-8-15-11(14)9(4-2)6-5-7-10(12)13/h9H,3-8H2,1-2H3,(H,12,13). The second-order valence-corrected chi connectivity index (χ2v) is 3.56. The van der Waals surface area contributed by atoms with Gasteiger partial charge in [0.05, 0.1) is 12.5 Å². The van der Waals surface area contributed by atoms with Gasteiger partial charge in [-0.1, -0.05) is 13.8 Å². The summed E-state index contributed by atoms with van der Waals surface area (Å²) in [7, 11) is 0. The molecule has 88 valence electrons. The van der Waals surface area contributed by atoms with E-state index in [1.165, 1.54) is 0 Å². The molecule has 0 saturated heterocycles. The van der Waals surface area contributed by atoms with Gasteiger partial charge in [-0.3, -0.25) is 9.59 Å². The minimum Gasteiger partial charge on any atom is -0.481 e. The van der Waals surface area contributed by atoms with Crippen molar-refractivity contribution >= 4 is 11.9 Å². The molecule has 4 nitrogen and oxygen atoms in total. The summed E-state index contributed by atoms with van der Waals surface area (Å²) < 4.78 is 5.02. The second-order valence-electron chi connectivity index (χ2n) is 3.56. The molecular formula is C11H20O4. The van der Waals surface area contributed by atoms with Gasteiger partial charge in [-0.05, 0) is 25.7 Å². The van der Waals surface area contributed by atoms with Crippen LogP contribution in [0.5, 0.6) is 0 Å². The fourth-order valence-corrected chi connectivity index (χ4v) is 1.31. The largest absolute Gasteiger partial charge is 0.481 e. The number of rotatable bonds is 8.